The van der Waals surface area contributed by atoms with E-state index in [-0.39, 0.29) is 5.75 Å². The van der Waals surface area contributed by atoms with E-state index in [1.165, 1.54) is 0 Å². The van der Waals surface area contributed by atoms with Crippen molar-refractivity contribution in [2.24, 2.45) is 0 Å². The zero-order valence-electron chi connectivity index (χ0n) is 8.24. The number of hydrogen-bond acceptors (Lipinski definition) is 2. The highest BCUT2D eigenvalue weighted by Gasteiger charge is 2.09. The van der Waals surface area contributed by atoms with Crippen LogP contribution in [0.25, 0.3) is 11.1 Å². The van der Waals surface area contributed by atoms with Crippen LogP contribution in [0, 0.1) is 0 Å². The first-order valence-corrected chi connectivity index (χ1v) is 5.37. The predicted octanol–water partition coefficient (Wildman–Crippen LogP) is 3.95. The summed E-state index contributed by atoms with van der Waals surface area (Å²) in [5, 5.41) is 10.2. The number of aromatic hydroxyl groups is 1. The number of rotatable bonds is 1. The molecule has 0 saturated carbocycles. The molecular formula is C12H9Cl2NO. The quantitative estimate of drug-likeness (QED) is 0.757. The van der Waals surface area contributed by atoms with Crippen LogP contribution in [0.15, 0.2) is 36.4 Å². The van der Waals surface area contributed by atoms with Gasteiger partial charge in [-0.05, 0) is 29.8 Å². The van der Waals surface area contributed by atoms with E-state index in [0.717, 1.165) is 11.1 Å². The van der Waals surface area contributed by atoms with E-state index < -0.39 is 0 Å². The largest absolute Gasteiger partial charge is 0.508 e. The molecule has 4 heteroatoms. The smallest absolute Gasteiger partial charge is 0.115 e. The van der Waals surface area contributed by atoms with Crippen LogP contribution in [0.5, 0.6) is 5.75 Å². The van der Waals surface area contributed by atoms with Gasteiger partial charge in [-0.3, -0.25) is 0 Å². The number of phenolic OH excluding ortho intramolecular Hbond substituents is 1. The van der Waals surface area contributed by atoms with E-state index in [9.17, 15) is 5.11 Å². The fourth-order valence-corrected chi connectivity index (χ4v) is 2.14. The van der Waals surface area contributed by atoms with Gasteiger partial charge in [-0.1, -0.05) is 35.3 Å². The number of hydrogen-bond donors (Lipinski definition) is 2. The second kappa shape index (κ2) is 4.24. The Morgan fingerprint density at radius 2 is 1.62 bits per heavy atom. The Hall–Kier alpha value is -1.38. The molecule has 0 heterocycles. The molecule has 2 nitrogen and oxygen atoms in total. The first-order chi connectivity index (χ1) is 7.58. The highest BCUT2D eigenvalue weighted by molar-refractivity contribution is 6.37. The molecule has 2 rings (SSSR count). The van der Waals surface area contributed by atoms with Gasteiger partial charge in [0.2, 0.25) is 0 Å². The van der Waals surface area contributed by atoms with Crippen molar-refractivity contribution in [3.8, 4) is 16.9 Å². The van der Waals surface area contributed by atoms with Crippen molar-refractivity contribution >= 4 is 28.9 Å². The molecule has 0 radical (unpaired) electrons. The minimum atomic E-state index is 0.201. The third kappa shape index (κ3) is 2.08. The van der Waals surface area contributed by atoms with E-state index in [2.05, 4.69) is 0 Å². The van der Waals surface area contributed by atoms with Gasteiger partial charge in [0.1, 0.15) is 5.75 Å². The summed E-state index contributed by atoms with van der Waals surface area (Å²) in [7, 11) is 0. The molecule has 0 bridgehead atoms. The van der Waals surface area contributed by atoms with Crippen molar-refractivity contribution in [3.63, 3.8) is 0 Å². The molecule has 0 fully saturated rings. The molecule has 0 aliphatic rings. The molecule has 0 aliphatic heterocycles. The van der Waals surface area contributed by atoms with Crippen LogP contribution in [-0.4, -0.2) is 5.11 Å². The Bertz CT molecular complexity index is 500. The van der Waals surface area contributed by atoms with Crippen molar-refractivity contribution in [3.05, 3.63) is 46.4 Å². The number of halogens is 2. The van der Waals surface area contributed by atoms with Gasteiger partial charge < -0.3 is 10.8 Å². The summed E-state index contributed by atoms with van der Waals surface area (Å²) in [4.78, 5) is 0. The predicted molar refractivity (Wildman–Crippen MR) is 68.0 cm³/mol. The molecule has 0 amide bonds. The van der Waals surface area contributed by atoms with Crippen LogP contribution in [0.1, 0.15) is 0 Å². The van der Waals surface area contributed by atoms with Crippen LogP contribution < -0.4 is 5.73 Å². The van der Waals surface area contributed by atoms with Gasteiger partial charge in [-0.2, -0.15) is 0 Å². The zero-order chi connectivity index (χ0) is 11.7. The van der Waals surface area contributed by atoms with E-state index in [1.54, 1.807) is 36.4 Å². The number of phenols is 1. The van der Waals surface area contributed by atoms with Gasteiger partial charge in [-0.15, -0.1) is 0 Å². The average molecular weight is 254 g/mol. The topological polar surface area (TPSA) is 46.2 Å². The van der Waals surface area contributed by atoms with Gasteiger partial charge in [0.25, 0.3) is 0 Å². The van der Waals surface area contributed by atoms with E-state index >= 15 is 0 Å². The molecule has 0 saturated heterocycles. The van der Waals surface area contributed by atoms with Crippen LogP contribution >= 0.6 is 23.2 Å². The second-order valence-electron chi connectivity index (χ2n) is 3.40. The lowest BCUT2D eigenvalue weighted by Crippen LogP contribution is -1.91. The van der Waals surface area contributed by atoms with Gasteiger partial charge in [0.05, 0.1) is 5.02 Å². The molecule has 82 valence electrons. The number of nitrogen functional groups attached to an aromatic ring is 1. The third-order valence-electron chi connectivity index (χ3n) is 2.24. The summed E-state index contributed by atoms with van der Waals surface area (Å²) in [6.45, 7) is 0. The average Bonchev–Trinajstić information content (AvgIpc) is 2.19. The van der Waals surface area contributed by atoms with Gasteiger partial charge in [0.15, 0.2) is 0 Å². The molecule has 0 unspecified atom stereocenters. The summed E-state index contributed by atoms with van der Waals surface area (Å²) in [6.07, 6.45) is 0. The molecule has 16 heavy (non-hydrogen) atoms. The molecule has 3 N–H and O–H groups in total. The molecule has 2 aromatic carbocycles. The summed E-state index contributed by atoms with van der Waals surface area (Å²) in [5.74, 6) is 0.201. The lowest BCUT2D eigenvalue weighted by molar-refractivity contribution is 0.475. The molecular weight excluding hydrogens is 245 g/mol. The highest BCUT2D eigenvalue weighted by Crippen LogP contribution is 2.36. The van der Waals surface area contributed by atoms with Gasteiger partial charge in [-0.25, -0.2) is 0 Å². The Kier molecular flexibility index (Phi) is 2.95. The lowest BCUT2D eigenvalue weighted by atomic mass is 10.0. The maximum atomic E-state index is 9.20. The summed E-state index contributed by atoms with van der Waals surface area (Å²) in [5.41, 5.74) is 7.95. The van der Waals surface area contributed by atoms with Gasteiger partial charge >= 0.3 is 0 Å². The maximum Gasteiger partial charge on any atom is 0.115 e. The van der Waals surface area contributed by atoms with Crippen LogP contribution in [0.3, 0.4) is 0 Å². The highest BCUT2D eigenvalue weighted by atomic mass is 35.5. The first kappa shape index (κ1) is 11.1. The van der Waals surface area contributed by atoms with Gasteiger partial charge in [0, 0.05) is 16.3 Å². The number of anilines is 1. The summed E-state index contributed by atoms with van der Waals surface area (Å²) in [6, 6.07) is 9.96. The molecule has 0 spiro atoms. The zero-order valence-corrected chi connectivity index (χ0v) is 9.76. The second-order valence-corrected chi connectivity index (χ2v) is 4.24. The van der Waals surface area contributed by atoms with Crippen LogP contribution in [-0.2, 0) is 0 Å². The standard InChI is InChI=1S/C12H9Cl2NO/c13-8-5-10(14)12(11(15)6-8)7-1-3-9(16)4-2-7/h1-6,16H,15H2. The van der Waals surface area contributed by atoms with Crippen molar-refractivity contribution in [2.45, 2.75) is 0 Å². The third-order valence-corrected chi connectivity index (χ3v) is 2.76. The van der Waals surface area contributed by atoms with E-state index in [0.29, 0.717) is 15.7 Å². The van der Waals surface area contributed by atoms with Crippen molar-refractivity contribution in [1.82, 2.24) is 0 Å². The first-order valence-electron chi connectivity index (χ1n) is 4.62. The Morgan fingerprint density at radius 3 is 2.19 bits per heavy atom. The number of benzene rings is 2. The molecule has 0 atom stereocenters. The fraction of sp³-hybridized carbons (Fsp3) is 0. The molecule has 2 aromatic rings. The molecule has 0 aliphatic carbocycles. The van der Waals surface area contributed by atoms with E-state index in [1.807, 2.05) is 0 Å². The van der Waals surface area contributed by atoms with Crippen molar-refractivity contribution in [2.75, 3.05) is 5.73 Å². The summed E-state index contributed by atoms with van der Waals surface area (Å²) >= 11 is 11.9. The Labute approximate surface area is 103 Å². The minimum absolute atomic E-state index is 0.201. The molecule has 0 aromatic heterocycles. The lowest BCUT2D eigenvalue weighted by Gasteiger charge is -2.09. The number of nitrogens with two attached hydrogens (primary N) is 1. The normalized spacial score (nSPS) is 10.4. The van der Waals surface area contributed by atoms with Crippen LogP contribution in [0.2, 0.25) is 10.0 Å². The van der Waals surface area contributed by atoms with Crippen LogP contribution in [0.4, 0.5) is 5.69 Å². The SMILES string of the molecule is Nc1cc(Cl)cc(Cl)c1-c1ccc(O)cc1. The summed E-state index contributed by atoms with van der Waals surface area (Å²) < 4.78 is 0. The Morgan fingerprint density at radius 1 is 1.00 bits per heavy atom. The monoisotopic (exact) mass is 253 g/mol. The Balaban J connectivity index is 2.60. The minimum Gasteiger partial charge on any atom is -0.508 e. The van der Waals surface area contributed by atoms with Crippen molar-refractivity contribution < 1.29 is 5.11 Å². The maximum absolute atomic E-state index is 9.20. The van der Waals surface area contributed by atoms with E-state index in [4.69, 9.17) is 28.9 Å². The van der Waals surface area contributed by atoms with Crippen molar-refractivity contribution in [1.29, 1.82) is 0 Å². The fourth-order valence-electron chi connectivity index (χ4n) is 1.53.